The van der Waals surface area contributed by atoms with Gasteiger partial charge in [0.25, 0.3) is 0 Å². The standard InChI is InChI=1S/C35H28BNO/c1-3-12-28-23-30(20-18-25(28)9-1)35(31-21-19-26-10-2-4-13-29(26)24-31)34-17-8-22-37(34)36(38-35)33-16-7-14-27-11-5-6-15-32(27)33/h1-7,9-16,18-21,23-24,34H,8,17,22H2/p+1. The zero-order valence-electron chi connectivity index (χ0n) is 21.3. The highest BCUT2D eigenvalue weighted by Gasteiger charge is 2.64. The Labute approximate surface area is 223 Å². The average molecular weight is 490 g/mol. The summed E-state index contributed by atoms with van der Waals surface area (Å²) < 4.78 is 7.54. The molecule has 2 nitrogen and oxygen atoms in total. The average Bonchev–Trinajstić information content (AvgIpc) is 3.59. The van der Waals surface area contributed by atoms with E-state index >= 15 is 0 Å². The topological polar surface area (TPSA) is 13.7 Å². The first kappa shape index (κ1) is 22.1. The molecule has 0 bridgehead atoms. The largest absolute Gasteiger partial charge is 0.611 e. The molecule has 0 radical (unpaired) electrons. The molecule has 0 saturated carbocycles. The molecule has 2 fully saturated rings. The summed E-state index contributed by atoms with van der Waals surface area (Å²) in [5, 5.41) is 7.64. The molecule has 182 valence electrons. The zero-order chi connectivity index (χ0) is 25.1. The summed E-state index contributed by atoms with van der Waals surface area (Å²) in [5.74, 6) is 0. The van der Waals surface area contributed by atoms with Crippen molar-refractivity contribution in [2.24, 2.45) is 0 Å². The molecule has 2 saturated heterocycles. The van der Waals surface area contributed by atoms with Crippen LogP contribution in [0.1, 0.15) is 24.0 Å². The van der Waals surface area contributed by atoms with E-state index in [0.29, 0.717) is 6.04 Å². The van der Waals surface area contributed by atoms with Crippen molar-refractivity contribution in [3.63, 3.8) is 0 Å². The van der Waals surface area contributed by atoms with Crippen LogP contribution in [0.2, 0.25) is 0 Å². The molecule has 2 unspecified atom stereocenters. The van der Waals surface area contributed by atoms with Crippen molar-refractivity contribution in [3.05, 3.63) is 139 Å². The van der Waals surface area contributed by atoms with Gasteiger partial charge in [-0.15, -0.1) is 0 Å². The Balaban J connectivity index is 1.39. The first-order chi connectivity index (χ1) is 18.8. The lowest BCUT2D eigenvalue weighted by molar-refractivity contribution is -0.799. The Morgan fingerprint density at radius 1 is 0.605 bits per heavy atom. The minimum Gasteiger partial charge on any atom is -0.368 e. The van der Waals surface area contributed by atoms with E-state index in [1.807, 2.05) is 0 Å². The molecule has 6 aromatic carbocycles. The number of quaternary nitrogens is 1. The molecule has 2 heterocycles. The molecule has 8 rings (SSSR count). The highest BCUT2D eigenvalue weighted by atomic mass is 16.5. The molecule has 2 aliphatic rings. The lowest BCUT2D eigenvalue weighted by Crippen LogP contribution is -3.19. The monoisotopic (exact) mass is 490 g/mol. The van der Waals surface area contributed by atoms with Crippen LogP contribution in [0.15, 0.2) is 127 Å². The van der Waals surface area contributed by atoms with Gasteiger partial charge in [0.15, 0.2) is 5.60 Å². The Kier molecular flexibility index (Phi) is 4.98. The van der Waals surface area contributed by atoms with Gasteiger partial charge in [0.05, 0.1) is 6.54 Å². The van der Waals surface area contributed by atoms with Crippen LogP contribution in [-0.2, 0) is 10.3 Å². The van der Waals surface area contributed by atoms with E-state index in [1.165, 1.54) is 55.3 Å². The van der Waals surface area contributed by atoms with Gasteiger partial charge in [-0.3, -0.25) is 0 Å². The SMILES string of the molecule is c1ccc2cc(C3(c4ccc5ccccc5c4)OB(c4cccc5ccccc45)[NH+]4CCCC43)ccc2c1. The van der Waals surface area contributed by atoms with Crippen LogP contribution < -0.4 is 10.3 Å². The molecule has 3 heteroatoms. The number of hydrogen-bond donors (Lipinski definition) is 1. The van der Waals surface area contributed by atoms with Crippen molar-refractivity contribution >= 4 is 44.8 Å². The van der Waals surface area contributed by atoms with E-state index in [1.54, 1.807) is 4.81 Å². The minimum atomic E-state index is -0.526. The first-order valence-electron chi connectivity index (χ1n) is 13.8. The fourth-order valence-electron chi connectivity index (χ4n) is 7.28. The van der Waals surface area contributed by atoms with Gasteiger partial charge in [-0.25, -0.2) is 0 Å². The van der Waals surface area contributed by atoms with E-state index in [2.05, 4.69) is 127 Å². The number of hydrogen-bond acceptors (Lipinski definition) is 1. The Morgan fingerprint density at radius 2 is 1.18 bits per heavy atom. The fourth-order valence-corrected chi connectivity index (χ4v) is 7.28. The van der Waals surface area contributed by atoms with Crippen molar-refractivity contribution in [3.8, 4) is 0 Å². The van der Waals surface area contributed by atoms with Crippen molar-refractivity contribution in [1.29, 1.82) is 0 Å². The number of nitrogens with one attached hydrogen (secondary N) is 1. The van der Waals surface area contributed by atoms with Gasteiger partial charge in [0, 0.05) is 18.3 Å². The van der Waals surface area contributed by atoms with E-state index in [9.17, 15) is 0 Å². The summed E-state index contributed by atoms with van der Waals surface area (Å²) in [6.07, 6.45) is 2.36. The van der Waals surface area contributed by atoms with E-state index in [-0.39, 0.29) is 7.05 Å². The van der Waals surface area contributed by atoms with Crippen molar-refractivity contribution in [1.82, 2.24) is 0 Å². The van der Waals surface area contributed by atoms with Crippen LogP contribution in [0.3, 0.4) is 0 Å². The summed E-state index contributed by atoms with van der Waals surface area (Å²) >= 11 is 0. The van der Waals surface area contributed by atoms with Gasteiger partial charge >= 0.3 is 7.05 Å². The van der Waals surface area contributed by atoms with Gasteiger partial charge in [-0.2, -0.15) is 0 Å². The normalized spacial score (nSPS) is 20.4. The van der Waals surface area contributed by atoms with Crippen molar-refractivity contribution in [2.45, 2.75) is 24.5 Å². The summed E-state index contributed by atoms with van der Waals surface area (Å²) in [7, 11) is -0.0217. The van der Waals surface area contributed by atoms with Gasteiger partial charge in [-0.05, 0) is 55.6 Å². The van der Waals surface area contributed by atoms with Crippen LogP contribution in [0.5, 0.6) is 0 Å². The van der Waals surface area contributed by atoms with Gasteiger partial charge in [-0.1, -0.05) is 115 Å². The molecule has 38 heavy (non-hydrogen) atoms. The van der Waals surface area contributed by atoms with E-state index in [4.69, 9.17) is 4.65 Å². The van der Waals surface area contributed by atoms with Crippen LogP contribution in [0.25, 0.3) is 32.3 Å². The highest BCUT2D eigenvalue weighted by Crippen LogP contribution is 2.44. The number of benzene rings is 6. The second-order valence-corrected chi connectivity index (χ2v) is 10.9. The third-order valence-corrected chi connectivity index (χ3v) is 9.00. The first-order valence-corrected chi connectivity index (χ1v) is 13.8. The third-order valence-electron chi connectivity index (χ3n) is 9.00. The molecular weight excluding hydrogens is 461 g/mol. The second-order valence-electron chi connectivity index (χ2n) is 10.9. The lowest BCUT2D eigenvalue weighted by Gasteiger charge is -2.34. The molecule has 0 aromatic heterocycles. The summed E-state index contributed by atoms with van der Waals surface area (Å²) in [4.78, 5) is 1.56. The maximum Gasteiger partial charge on any atom is 0.611 e. The predicted octanol–water partition coefficient (Wildman–Crippen LogP) is 5.86. The molecule has 0 aliphatic carbocycles. The van der Waals surface area contributed by atoms with Crippen LogP contribution >= 0.6 is 0 Å². The maximum atomic E-state index is 7.54. The Hall–Kier alpha value is -3.92. The Morgan fingerprint density at radius 3 is 1.87 bits per heavy atom. The minimum absolute atomic E-state index is 0.0217. The van der Waals surface area contributed by atoms with Gasteiger partial charge in [0.2, 0.25) is 0 Å². The van der Waals surface area contributed by atoms with E-state index < -0.39 is 5.60 Å². The zero-order valence-corrected chi connectivity index (χ0v) is 21.3. The third kappa shape index (κ3) is 3.22. The lowest BCUT2D eigenvalue weighted by atomic mass is 9.70. The maximum absolute atomic E-state index is 7.54. The van der Waals surface area contributed by atoms with Gasteiger partial charge in [0.1, 0.15) is 6.04 Å². The van der Waals surface area contributed by atoms with Crippen LogP contribution in [0.4, 0.5) is 0 Å². The molecule has 2 atom stereocenters. The molecule has 0 amide bonds. The summed E-state index contributed by atoms with van der Waals surface area (Å²) in [6.45, 7) is 1.13. The van der Waals surface area contributed by atoms with E-state index in [0.717, 1.165) is 13.0 Å². The molecular formula is C35H29BNO+. The second kappa shape index (κ2) is 8.56. The van der Waals surface area contributed by atoms with Gasteiger partial charge < -0.3 is 9.47 Å². The summed E-state index contributed by atoms with van der Waals surface area (Å²) in [6, 6.07) is 47.1. The van der Waals surface area contributed by atoms with Crippen LogP contribution in [-0.4, -0.2) is 19.6 Å². The van der Waals surface area contributed by atoms with Crippen molar-refractivity contribution in [2.75, 3.05) is 6.54 Å². The molecule has 6 aromatic rings. The van der Waals surface area contributed by atoms with Crippen LogP contribution in [0, 0.1) is 0 Å². The quantitative estimate of drug-likeness (QED) is 0.307. The number of fused-ring (bicyclic) bond motifs is 4. The highest BCUT2D eigenvalue weighted by molar-refractivity contribution is 6.63. The summed E-state index contributed by atoms with van der Waals surface area (Å²) in [5.41, 5.74) is 3.30. The predicted molar refractivity (Wildman–Crippen MR) is 158 cm³/mol. The fraction of sp³-hybridized carbons (Fsp3) is 0.143. The van der Waals surface area contributed by atoms with Crippen molar-refractivity contribution < 1.29 is 9.47 Å². The smallest absolute Gasteiger partial charge is 0.368 e. The molecule has 0 spiro atoms. The number of rotatable bonds is 3. The molecule has 2 aliphatic heterocycles. The Bertz CT molecular complexity index is 1740. The molecule has 1 N–H and O–H groups in total.